The third-order valence-electron chi connectivity index (χ3n) is 3.18. The van der Waals surface area contributed by atoms with E-state index in [2.05, 4.69) is 83.4 Å². The van der Waals surface area contributed by atoms with Crippen molar-refractivity contribution in [3.05, 3.63) is 58.2 Å². The molecule has 1 N–H and O–H groups in total. The quantitative estimate of drug-likeness (QED) is 0.856. The van der Waals surface area contributed by atoms with Gasteiger partial charge in [-0.05, 0) is 29.8 Å². The highest BCUT2D eigenvalue weighted by atomic mass is 79.9. The lowest BCUT2D eigenvalue weighted by Crippen LogP contribution is -2.23. The molecule has 2 rings (SSSR count). The molecule has 0 radical (unpaired) electrons. The Labute approximate surface area is 135 Å². The van der Waals surface area contributed by atoms with Gasteiger partial charge >= 0.3 is 0 Å². The van der Waals surface area contributed by atoms with E-state index in [1.165, 1.54) is 5.56 Å². The van der Waals surface area contributed by atoms with Gasteiger partial charge in [0.2, 0.25) is 0 Å². The maximum atomic E-state index is 4.71. The number of pyridine rings is 1. The summed E-state index contributed by atoms with van der Waals surface area (Å²) >= 11 is 3.51. The number of aromatic nitrogens is 1. The summed E-state index contributed by atoms with van der Waals surface area (Å²) < 4.78 is 1.11. The Morgan fingerprint density at radius 3 is 2.67 bits per heavy atom. The molecule has 0 aliphatic heterocycles. The van der Waals surface area contributed by atoms with E-state index in [1.54, 1.807) is 0 Å². The van der Waals surface area contributed by atoms with Crippen LogP contribution in [0.5, 0.6) is 0 Å². The van der Waals surface area contributed by atoms with Crippen LogP contribution in [0.3, 0.4) is 0 Å². The molecule has 1 aromatic heterocycles. The standard InChI is InChI=1S/C17H22BrN3/c1-13(2)19-11-16-8-5-9-17(20-16)21(3)12-14-6-4-7-15(18)10-14/h4-10,13,19H,11-12H2,1-3H3. The average molecular weight is 348 g/mol. The predicted octanol–water partition coefficient (Wildman–Crippen LogP) is 3.98. The monoisotopic (exact) mass is 347 g/mol. The average Bonchev–Trinajstić information content (AvgIpc) is 2.45. The van der Waals surface area contributed by atoms with Crippen LogP contribution in [0.15, 0.2) is 46.9 Å². The number of rotatable bonds is 6. The van der Waals surface area contributed by atoms with Crippen molar-refractivity contribution in [3.8, 4) is 0 Å². The van der Waals surface area contributed by atoms with Crippen LogP contribution >= 0.6 is 15.9 Å². The molecule has 2 aromatic rings. The third-order valence-corrected chi connectivity index (χ3v) is 3.68. The molecule has 3 nitrogen and oxygen atoms in total. The van der Waals surface area contributed by atoms with E-state index in [9.17, 15) is 0 Å². The van der Waals surface area contributed by atoms with Crippen molar-refractivity contribution in [2.75, 3.05) is 11.9 Å². The Kier molecular flexibility index (Phi) is 5.76. The molecular weight excluding hydrogens is 326 g/mol. The minimum atomic E-state index is 0.467. The van der Waals surface area contributed by atoms with Gasteiger partial charge in [-0.3, -0.25) is 0 Å². The molecule has 4 heteroatoms. The van der Waals surface area contributed by atoms with E-state index in [-0.39, 0.29) is 0 Å². The summed E-state index contributed by atoms with van der Waals surface area (Å²) in [7, 11) is 2.07. The number of anilines is 1. The summed E-state index contributed by atoms with van der Waals surface area (Å²) in [5, 5.41) is 3.40. The first kappa shape index (κ1) is 16.0. The number of nitrogens with one attached hydrogen (secondary N) is 1. The van der Waals surface area contributed by atoms with Gasteiger partial charge in [0.15, 0.2) is 0 Å². The lowest BCUT2D eigenvalue weighted by atomic mass is 10.2. The molecule has 0 aliphatic rings. The molecule has 0 saturated carbocycles. The summed E-state index contributed by atoms with van der Waals surface area (Å²) in [6.45, 7) is 5.93. The number of nitrogens with zero attached hydrogens (tertiary/aromatic N) is 2. The van der Waals surface area contributed by atoms with Gasteiger partial charge in [-0.2, -0.15) is 0 Å². The second-order valence-corrected chi connectivity index (χ2v) is 6.42. The number of halogens is 1. The predicted molar refractivity (Wildman–Crippen MR) is 92.5 cm³/mol. The molecule has 0 atom stereocenters. The summed E-state index contributed by atoms with van der Waals surface area (Å²) in [5.41, 5.74) is 2.33. The molecule has 0 aliphatic carbocycles. The highest BCUT2D eigenvalue weighted by Crippen LogP contribution is 2.16. The molecule has 21 heavy (non-hydrogen) atoms. The van der Waals surface area contributed by atoms with Gasteiger partial charge in [0.05, 0.1) is 5.69 Å². The van der Waals surface area contributed by atoms with Crippen molar-refractivity contribution in [2.45, 2.75) is 33.0 Å². The fourth-order valence-corrected chi connectivity index (χ4v) is 2.52. The largest absolute Gasteiger partial charge is 0.355 e. The summed E-state index contributed by atoms with van der Waals surface area (Å²) in [5.74, 6) is 0.998. The van der Waals surface area contributed by atoms with Crippen LogP contribution in [-0.4, -0.2) is 18.1 Å². The topological polar surface area (TPSA) is 28.2 Å². The van der Waals surface area contributed by atoms with Crippen LogP contribution in [0.2, 0.25) is 0 Å². The number of hydrogen-bond donors (Lipinski definition) is 1. The van der Waals surface area contributed by atoms with Gasteiger partial charge in [0.1, 0.15) is 5.82 Å². The minimum Gasteiger partial charge on any atom is -0.355 e. The SMILES string of the molecule is CC(C)NCc1cccc(N(C)Cc2cccc(Br)c2)n1. The molecule has 1 heterocycles. The molecule has 1 aromatic carbocycles. The Morgan fingerprint density at radius 1 is 1.19 bits per heavy atom. The number of benzene rings is 1. The summed E-state index contributed by atoms with van der Waals surface area (Å²) in [6.07, 6.45) is 0. The molecule has 0 bridgehead atoms. The second kappa shape index (κ2) is 7.57. The zero-order valence-electron chi connectivity index (χ0n) is 12.8. The Balaban J connectivity index is 2.05. The highest BCUT2D eigenvalue weighted by molar-refractivity contribution is 9.10. The first-order valence-corrected chi connectivity index (χ1v) is 7.99. The van der Waals surface area contributed by atoms with Crippen molar-refractivity contribution in [1.82, 2.24) is 10.3 Å². The maximum absolute atomic E-state index is 4.71. The Bertz CT molecular complexity index is 584. The van der Waals surface area contributed by atoms with Crippen LogP contribution in [0, 0.1) is 0 Å². The van der Waals surface area contributed by atoms with Crippen LogP contribution in [0.25, 0.3) is 0 Å². The molecular formula is C17H22BrN3. The van der Waals surface area contributed by atoms with E-state index in [4.69, 9.17) is 4.98 Å². The normalized spacial score (nSPS) is 10.9. The fourth-order valence-electron chi connectivity index (χ4n) is 2.08. The van der Waals surface area contributed by atoms with Crippen LogP contribution < -0.4 is 10.2 Å². The Hall–Kier alpha value is -1.39. The van der Waals surface area contributed by atoms with E-state index >= 15 is 0 Å². The van der Waals surface area contributed by atoms with Gasteiger partial charge < -0.3 is 10.2 Å². The summed E-state index contributed by atoms with van der Waals surface area (Å²) in [6, 6.07) is 15.0. The molecule has 0 fully saturated rings. The first-order valence-electron chi connectivity index (χ1n) is 7.19. The second-order valence-electron chi connectivity index (χ2n) is 5.51. The van der Waals surface area contributed by atoms with Crippen LogP contribution in [0.1, 0.15) is 25.1 Å². The van der Waals surface area contributed by atoms with Crippen molar-refractivity contribution >= 4 is 21.7 Å². The van der Waals surface area contributed by atoms with Gasteiger partial charge in [-0.1, -0.05) is 48.0 Å². The molecule has 0 unspecified atom stereocenters. The van der Waals surface area contributed by atoms with Gasteiger partial charge in [0, 0.05) is 30.7 Å². The minimum absolute atomic E-state index is 0.467. The maximum Gasteiger partial charge on any atom is 0.128 e. The molecule has 0 spiro atoms. The first-order chi connectivity index (χ1) is 10.0. The van der Waals surface area contributed by atoms with Crippen LogP contribution in [-0.2, 0) is 13.1 Å². The highest BCUT2D eigenvalue weighted by Gasteiger charge is 2.05. The zero-order chi connectivity index (χ0) is 15.2. The van der Waals surface area contributed by atoms with E-state index in [1.807, 2.05) is 6.07 Å². The van der Waals surface area contributed by atoms with Crippen molar-refractivity contribution in [2.24, 2.45) is 0 Å². The molecule has 112 valence electrons. The zero-order valence-corrected chi connectivity index (χ0v) is 14.4. The van der Waals surface area contributed by atoms with Crippen molar-refractivity contribution in [3.63, 3.8) is 0 Å². The molecule has 0 saturated heterocycles. The fraction of sp³-hybridized carbons (Fsp3) is 0.353. The van der Waals surface area contributed by atoms with Gasteiger partial charge in [0.25, 0.3) is 0 Å². The third kappa shape index (κ3) is 5.14. The van der Waals surface area contributed by atoms with E-state index in [0.717, 1.165) is 29.1 Å². The molecule has 0 amide bonds. The van der Waals surface area contributed by atoms with Crippen molar-refractivity contribution < 1.29 is 0 Å². The van der Waals surface area contributed by atoms with E-state index in [0.29, 0.717) is 6.04 Å². The van der Waals surface area contributed by atoms with Gasteiger partial charge in [-0.15, -0.1) is 0 Å². The van der Waals surface area contributed by atoms with E-state index < -0.39 is 0 Å². The van der Waals surface area contributed by atoms with Gasteiger partial charge in [-0.25, -0.2) is 4.98 Å². The Morgan fingerprint density at radius 2 is 1.95 bits per heavy atom. The van der Waals surface area contributed by atoms with Crippen molar-refractivity contribution in [1.29, 1.82) is 0 Å². The lowest BCUT2D eigenvalue weighted by Gasteiger charge is -2.19. The van der Waals surface area contributed by atoms with Crippen LogP contribution in [0.4, 0.5) is 5.82 Å². The lowest BCUT2D eigenvalue weighted by molar-refractivity contribution is 0.581. The smallest absolute Gasteiger partial charge is 0.128 e. The summed E-state index contributed by atoms with van der Waals surface area (Å²) in [4.78, 5) is 6.88. The number of hydrogen-bond acceptors (Lipinski definition) is 3.